The Hall–Kier alpha value is -1.67. The van der Waals surface area contributed by atoms with Gasteiger partial charge < -0.3 is 5.32 Å². The zero-order valence-corrected chi connectivity index (χ0v) is 11.5. The molecule has 2 aromatic carbocycles. The van der Waals surface area contributed by atoms with Crippen molar-refractivity contribution >= 4 is 0 Å². The van der Waals surface area contributed by atoms with Gasteiger partial charge in [-0.3, -0.25) is 0 Å². The van der Waals surface area contributed by atoms with Gasteiger partial charge in [0.05, 0.1) is 0 Å². The predicted molar refractivity (Wildman–Crippen MR) is 77.7 cm³/mol. The fourth-order valence-corrected chi connectivity index (χ4v) is 2.32. The Morgan fingerprint density at radius 1 is 1.11 bits per heavy atom. The lowest BCUT2D eigenvalue weighted by atomic mass is 9.98. The number of likely N-dealkylation sites (N-methyl/N-ethyl adjacent to an activating group) is 1. The highest BCUT2D eigenvalue weighted by atomic mass is 19.1. The Bertz CT molecular complexity index is 519. The Morgan fingerprint density at radius 3 is 2.47 bits per heavy atom. The Morgan fingerprint density at radius 2 is 1.84 bits per heavy atom. The molecule has 1 N–H and O–H groups in total. The maximum absolute atomic E-state index is 13.0. The highest BCUT2D eigenvalue weighted by molar-refractivity contribution is 5.27. The smallest absolute Gasteiger partial charge is 0.123 e. The van der Waals surface area contributed by atoms with Crippen molar-refractivity contribution in [3.05, 3.63) is 71.0 Å². The SMILES string of the molecule is CCNC(Cc1cccc(C)c1)c1ccc(F)cc1. The first-order valence-electron chi connectivity index (χ1n) is 6.73. The van der Waals surface area contributed by atoms with Crippen molar-refractivity contribution in [2.45, 2.75) is 26.3 Å². The number of rotatable bonds is 5. The van der Waals surface area contributed by atoms with E-state index in [1.807, 2.05) is 12.1 Å². The maximum atomic E-state index is 13.0. The van der Waals surface area contributed by atoms with Gasteiger partial charge in [-0.25, -0.2) is 4.39 Å². The molecule has 100 valence electrons. The highest BCUT2D eigenvalue weighted by Gasteiger charge is 2.11. The third-order valence-corrected chi connectivity index (χ3v) is 3.25. The van der Waals surface area contributed by atoms with Crippen molar-refractivity contribution in [3.8, 4) is 0 Å². The van der Waals surface area contributed by atoms with Crippen LogP contribution in [-0.4, -0.2) is 6.54 Å². The summed E-state index contributed by atoms with van der Waals surface area (Å²) >= 11 is 0. The molecular formula is C17H20FN. The van der Waals surface area contributed by atoms with Crippen LogP contribution in [0, 0.1) is 12.7 Å². The number of nitrogens with one attached hydrogen (secondary N) is 1. The lowest BCUT2D eigenvalue weighted by Gasteiger charge is -2.18. The van der Waals surface area contributed by atoms with Crippen molar-refractivity contribution in [3.63, 3.8) is 0 Å². The van der Waals surface area contributed by atoms with Crippen LogP contribution in [0.3, 0.4) is 0 Å². The molecule has 0 bridgehead atoms. The summed E-state index contributed by atoms with van der Waals surface area (Å²) in [5.74, 6) is -0.186. The van der Waals surface area contributed by atoms with Crippen molar-refractivity contribution < 1.29 is 4.39 Å². The molecule has 0 aliphatic rings. The van der Waals surface area contributed by atoms with Gasteiger partial charge in [-0.2, -0.15) is 0 Å². The highest BCUT2D eigenvalue weighted by Crippen LogP contribution is 2.19. The Kier molecular flexibility index (Phi) is 4.69. The molecule has 0 spiro atoms. The molecule has 0 aliphatic heterocycles. The topological polar surface area (TPSA) is 12.0 Å². The second kappa shape index (κ2) is 6.48. The van der Waals surface area contributed by atoms with E-state index >= 15 is 0 Å². The van der Waals surface area contributed by atoms with Crippen LogP contribution in [0.25, 0.3) is 0 Å². The first-order valence-corrected chi connectivity index (χ1v) is 6.73. The second-order valence-electron chi connectivity index (χ2n) is 4.85. The number of hydrogen-bond acceptors (Lipinski definition) is 1. The van der Waals surface area contributed by atoms with Crippen LogP contribution in [0.5, 0.6) is 0 Å². The summed E-state index contributed by atoms with van der Waals surface area (Å²) in [6.07, 6.45) is 0.918. The minimum absolute atomic E-state index is 0.186. The van der Waals surface area contributed by atoms with Crippen molar-refractivity contribution in [1.29, 1.82) is 0 Å². The van der Waals surface area contributed by atoms with E-state index in [-0.39, 0.29) is 11.9 Å². The van der Waals surface area contributed by atoms with Crippen LogP contribution in [-0.2, 0) is 6.42 Å². The molecule has 2 heteroatoms. The third-order valence-electron chi connectivity index (χ3n) is 3.25. The Balaban J connectivity index is 2.18. The molecular weight excluding hydrogens is 237 g/mol. The van der Waals surface area contributed by atoms with Gasteiger partial charge in [-0.15, -0.1) is 0 Å². The van der Waals surface area contributed by atoms with Gasteiger partial charge in [0.1, 0.15) is 5.82 Å². The van der Waals surface area contributed by atoms with Crippen LogP contribution in [0.15, 0.2) is 48.5 Å². The molecule has 1 unspecified atom stereocenters. The van der Waals surface area contributed by atoms with E-state index in [1.54, 1.807) is 0 Å². The normalized spacial score (nSPS) is 12.4. The quantitative estimate of drug-likeness (QED) is 0.852. The first kappa shape index (κ1) is 13.8. The molecule has 2 rings (SSSR count). The molecule has 0 amide bonds. The van der Waals surface area contributed by atoms with Crippen LogP contribution in [0.1, 0.15) is 29.7 Å². The average Bonchev–Trinajstić information content (AvgIpc) is 2.39. The van der Waals surface area contributed by atoms with Crippen molar-refractivity contribution in [2.24, 2.45) is 0 Å². The lowest BCUT2D eigenvalue weighted by Crippen LogP contribution is -2.23. The minimum atomic E-state index is -0.186. The number of benzene rings is 2. The van der Waals surface area contributed by atoms with E-state index in [0.717, 1.165) is 18.5 Å². The lowest BCUT2D eigenvalue weighted by molar-refractivity contribution is 0.547. The summed E-state index contributed by atoms with van der Waals surface area (Å²) < 4.78 is 13.0. The molecule has 2 aromatic rings. The van der Waals surface area contributed by atoms with Gasteiger partial charge in [0.2, 0.25) is 0 Å². The molecule has 0 radical (unpaired) electrons. The van der Waals surface area contributed by atoms with Gasteiger partial charge in [-0.05, 0) is 43.1 Å². The van der Waals surface area contributed by atoms with E-state index in [2.05, 4.69) is 43.4 Å². The van der Waals surface area contributed by atoms with Crippen molar-refractivity contribution in [2.75, 3.05) is 6.54 Å². The summed E-state index contributed by atoms with van der Waals surface area (Å²) in [7, 11) is 0. The number of aryl methyl sites for hydroxylation is 1. The zero-order chi connectivity index (χ0) is 13.7. The predicted octanol–water partition coefficient (Wildman–Crippen LogP) is 4.03. The Labute approximate surface area is 114 Å². The third kappa shape index (κ3) is 3.90. The molecule has 0 saturated heterocycles. The number of hydrogen-bond donors (Lipinski definition) is 1. The van der Waals surface area contributed by atoms with Gasteiger partial charge in [0, 0.05) is 6.04 Å². The van der Waals surface area contributed by atoms with Gasteiger partial charge in [-0.1, -0.05) is 48.9 Å². The fraction of sp³-hybridized carbons (Fsp3) is 0.294. The zero-order valence-electron chi connectivity index (χ0n) is 11.5. The van der Waals surface area contributed by atoms with E-state index < -0.39 is 0 Å². The molecule has 1 nitrogen and oxygen atoms in total. The summed E-state index contributed by atoms with van der Waals surface area (Å²) in [5, 5.41) is 3.46. The molecule has 19 heavy (non-hydrogen) atoms. The van der Waals surface area contributed by atoms with E-state index in [0.29, 0.717) is 0 Å². The van der Waals surface area contributed by atoms with E-state index in [1.165, 1.54) is 23.3 Å². The summed E-state index contributed by atoms with van der Waals surface area (Å²) in [6, 6.07) is 15.5. The van der Waals surface area contributed by atoms with Crippen LogP contribution >= 0.6 is 0 Å². The van der Waals surface area contributed by atoms with E-state index in [4.69, 9.17) is 0 Å². The van der Waals surface area contributed by atoms with Gasteiger partial charge >= 0.3 is 0 Å². The summed E-state index contributed by atoms with van der Waals surface area (Å²) in [4.78, 5) is 0. The molecule has 0 aliphatic carbocycles. The van der Waals surface area contributed by atoms with Crippen LogP contribution in [0.4, 0.5) is 4.39 Å². The van der Waals surface area contributed by atoms with Gasteiger partial charge in [0.15, 0.2) is 0 Å². The van der Waals surface area contributed by atoms with Crippen LogP contribution < -0.4 is 5.32 Å². The molecule has 1 atom stereocenters. The molecule has 0 heterocycles. The van der Waals surface area contributed by atoms with Crippen LogP contribution in [0.2, 0.25) is 0 Å². The minimum Gasteiger partial charge on any atom is -0.310 e. The van der Waals surface area contributed by atoms with E-state index in [9.17, 15) is 4.39 Å². The average molecular weight is 257 g/mol. The maximum Gasteiger partial charge on any atom is 0.123 e. The van der Waals surface area contributed by atoms with Gasteiger partial charge in [0.25, 0.3) is 0 Å². The first-order chi connectivity index (χ1) is 9.19. The second-order valence-corrected chi connectivity index (χ2v) is 4.85. The molecule has 0 saturated carbocycles. The summed E-state index contributed by atoms with van der Waals surface area (Å²) in [6.45, 7) is 5.09. The van der Waals surface area contributed by atoms with Crippen molar-refractivity contribution in [1.82, 2.24) is 5.32 Å². The monoisotopic (exact) mass is 257 g/mol. The summed E-state index contributed by atoms with van der Waals surface area (Å²) in [5.41, 5.74) is 3.70. The molecule has 0 aromatic heterocycles. The fourth-order valence-electron chi connectivity index (χ4n) is 2.32. The largest absolute Gasteiger partial charge is 0.310 e. The number of halogens is 1. The standard InChI is InChI=1S/C17H20FN/c1-3-19-17(15-7-9-16(18)10-8-15)12-14-6-4-5-13(2)11-14/h4-11,17,19H,3,12H2,1-2H3. The molecule has 0 fully saturated rings.